The van der Waals surface area contributed by atoms with E-state index >= 15 is 0 Å². The lowest BCUT2D eigenvalue weighted by atomic mass is 10.3. The van der Waals surface area contributed by atoms with Crippen molar-refractivity contribution in [1.82, 2.24) is 9.97 Å². The zero-order valence-electron chi connectivity index (χ0n) is 5.37. The second kappa shape index (κ2) is 3.46. The van der Waals surface area contributed by atoms with Crippen LogP contribution in [-0.2, 0) is 0 Å². The molecular formula is C7H7BrN2. The number of allylic oxidation sites excluding steroid dienone is 1. The fraction of sp³-hybridized carbons (Fsp3) is 0.143. The van der Waals surface area contributed by atoms with Crippen molar-refractivity contribution in [1.29, 1.82) is 0 Å². The van der Waals surface area contributed by atoms with Crippen molar-refractivity contribution in [3.8, 4) is 0 Å². The molecule has 0 aliphatic heterocycles. The summed E-state index contributed by atoms with van der Waals surface area (Å²) in [6.07, 6.45) is 6.78. The Hall–Kier alpha value is -0.700. The quantitative estimate of drug-likeness (QED) is 0.538. The Labute approximate surface area is 68.1 Å². The maximum absolute atomic E-state index is 4.07. The Morgan fingerprint density at radius 1 is 1.60 bits per heavy atom. The maximum Gasteiger partial charge on any atom is 0.0761 e. The van der Waals surface area contributed by atoms with Gasteiger partial charge in [0.2, 0.25) is 0 Å². The van der Waals surface area contributed by atoms with Crippen molar-refractivity contribution >= 4 is 15.9 Å². The molecular weight excluding hydrogens is 192 g/mol. The van der Waals surface area contributed by atoms with Gasteiger partial charge in [0, 0.05) is 18.6 Å². The smallest absolute Gasteiger partial charge is 0.0761 e. The minimum absolute atomic E-state index is 0.112. The lowest BCUT2D eigenvalue weighted by Crippen LogP contribution is -1.89. The second-order valence-corrected chi connectivity index (χ2v) is 2.75. The third-order valence-corrected chi connectivity index (χ3v) is 1.92. The summed E-state index contributed by atoms with van der Waals surface area (Å²) < 4.78 is 0. The zero-order chi connectivity index (χ0) is 7.40. The van der Waals surface area contributed by atoms with E-state index in [4.69, 9.17) is 0 Å². The molecule has 0 aromatic carbocycles. The molecule has 2 nitrogen and oxygen atoms in total. The number of alkyl halides is 1. The molecule has 10 heavy (non-hydrogen) atoms. The highest BCUT2D eigenvalue weighted by atomic mass is 79.9. The van der Waals surface area contributed by atoms with E-state index in [0.717, 1.165) is 5.69 Å². The van der Waals surface area contributed by atoms with Gasteiger partial charge >= 0.3 is 0 Å². The highest BCUT2D eigenvalue weighted by Crippen LogP contribution is 2.19. The van der Waals surface area contributed by atoms with Gasteiger partial charge in [0.15, 0.2) is 0 Å². The SMILES string of the molecule is C=CC(Br)c1cnccn1. The Morgan fingerprint density at radius 2 is 2.40 bits per heavy atom. The molecule has 1 heterocycles. The van der Waals surface area contributed by atoms with Gasteiger partial charge in [-0.2, -0.15) is 0 Å². The van der Waals surface area contributed by atoms with Crippen LogP contribution in [0.5, 0.6) is 0 Å². The summed E-state index contributed by atoms with van der Waals surface area (Å²) >= 11 is 3.36. The Morgan fingerprint density at radius 3 is 2.90 bits per heavy atom. The lowest BCUT2D eigenvalue weighted by molar-refractivity contribution is 1.05. The van der Waals surface area contributed by atoms with Gasteiger partial charge in [-0.25, -0.2) is 0 Å². The first-order chi connectivity index (χ1) is 4.84. The van der Waals surface area contributed by atoms with E-state index in [9.17, 15) is 0 Å². The molecule has 1 aromatic heterocycles. The van der Waals surface area contributed by atoms with Gasteiger partial charge in [0.05, 0.1) is 10.5 Å². The summed E-state index contributed by atoms with van der Waals surface area (Å²) in [4.78, 5) is 8.09. The highest BCUT2D eigenvalue weighted by molar-refractivity contribution is 9.09. The Balaban J connectivity index is 2.84. The summed E-state index contributed by atoms with van der Waals surface area (Å²) in [7, 11) is 0. The van der Waals surface area contributed by atoms with Gasteiger partial charge in [-0.1, -0.05) is 22.0 Å². The number of halogens is 1. The number of nitrogens with zero attached hydrogens (tertiary/aromatic N) is 2. The zero-order valence-corrected chi connectivity index (χ0v) is 6.95. The highest BCUT2D eigenvalue weighted by Gasteiger charge is 2.01. The molecule has 0 bridgehead atoms. The van der Waals surface area contributed by atoms with E-state index in [2.05, 4.69) is 32.5 Å². The topological polar surface area (TPSA) is 25.8 Å². The molecule has 1 atom stereocenters. The summed E-state index contributed by atoms with van der Waals surface area (Å²) in [5.74, 6) is 0. The first-order valence-corrected chi connectivity index (χ1v) is 3.78. The monoisotopic (exact) mass is 198 g/mol. The van der Waals surface area contributed by atoms with Crippen LogP contribution in [0.3, 0.4) is 0 Å². The first-order valence-electron chi connectivity index (χ1n) is 2.87. The predicted molar refractivity (Wildman–Crippen MR) is 43.9 cm³/mol. The van der Waals surface area contributed by atoms with Gasteiger partial charge in [0.1, 0.15) is 0 Å². The molecule has 1 rings (SSSR count). The van der Waals surface area contributed by atoms with E-state index < -0.39 is 0 Å². The van der Waals surface area contributed by atoms with Gasteiger partial charge in [-0.3, -0.25) is 9.97 Å². The average Bonchev–Trinajstić information content (AvgIpc) is 2.05. The number of aromatic nitrogens is 2. The van der Waals surface area contributed by atoms with E-state index in [0.29, 0.717) is 0 Å². The van der Waals surface area contributed by atoms with Crippen molar-refractivity contribution in [3.63, 3.8) is 0 Å². The molecule has 0 saturated heterocycles. The number of rotatable bonds is 2. The van der Waals surface area contributed by atoms with Crippen LogP contribution in [0.4, 0.5) is 0 Å². The molecule has 3 heteroatoms. The van der Waals surface area contributed by atoms with Crippen molar-refractivity contribution < 1.29 is 0 Å². The van der Waals surface area contributed by atoms with Crippen LogP contribution < -0.4 is 0 Å². The predicted octanol–water partition coefficient (Wildman–Crippen LogP) is 2.10. The number of hydrogen-bond acceptors (Lipinski definition) is 2. The van der Waals surface area contributed by atoms with E-state index in [1.807, 2.05) is 0 Å². The fourth-order valence-corrected chi connectivity index (χ4v) is 0.810. The third kappa shape index (κ3) is 1.64. The molecule has 52 valence electrons. The lowest BCUT2D eigenvalue weighted by Gasteiger charge is -1.99. The first kappa shape index (κ1) is 7.41. The van der Waals surface area contributed by atoms with Crippen LogP contribution in [0, 0.1) is 0 Å². The summed E-state index contributed by atoms with van der Waals surface area (Å²) in [6, 6.07) is 0. The Bertz CT molecular complexity index is 210. The van der Waals surface area contributed by atoms with Crippen LogP contribution in [0.25, 0.3) is 0 Å². The molecule has 1 unspecified atom stereocenters. The largest absolute Gasteiger partial charge is 0.261 e. The van der Waals surface area contributed by atoms with Crippen LogP contribution >= 0.6 is 15.9 Å². The van der Waals surface area contributed by atoms with Crippen LogP contribution in [0.2, 0.25) is 0 Å². The van der Waals surface area contributed by atoms with Gasteiger partial charge in [-0.05, 0) is 0 Å². The van der Waals surface area contributed by atoms with E-state index in [1.165, 1.54) is 0 Å². The third-order valence-electron chi connectivity index (χ3n) is 1.07. The fourth-order valence-electron chi connectivity index (χ4n) is 0.574. The van der Waals surface area contributed by atoms with Crippen molar-refractivity contribution in [2.45, 2.75) is 4.83 Å². The van der Waals surface area contributed by atoms with Crippen LogP contribution in [0.1, 0.15) is 10.5 Å². The normalized spacial score (nSPS) is 12.5. The second-order valence-electron chi connectivity index (χ2n) is 1.77. The molecule has 0 saturated carbocycles. The molecule has 0 N–H and O–H groups in total. The summed E-state index contributed by atoms with van der Waals surface area (Å²) in [5.41, 5.74) is 0.887. The molecule has 0 aliphatic carbocycles. The molecule has 0 aliphatic rings. The van der Waals surface area contributed by atoms with Gasteiger partial charge in [-0.15, -0.1) is 6.58 Å². The van der Waals surface area contributed by atoms with Crippen molar-refractivity contribution in [3.05, 3.63) is 36.9 Å². The van der Waals surface area contributed by atoms with Crippen molar-refractivity contribution in [2.75, 3.05) is 0 Å². The standard InChI is InChI=1S/C7H7BrN2/c1-2-6(8)7-5-9-3-4-10-7/h2-6H,1H2. The van der Waals surface area contributed by atoms with E-state index in [-0.39, 0.29) is 4.83 Å². The van der Waals surface area contributed by atoms with Gasteiger partial charge in [0.25, 0.3) is 0 Å². The van der Waals surface area contributed by atoms with Gasteiger partial charge < -0.3 is 0 Å². The molecule has 0 spiro atoms. The van der Waals surface area contributed by atoms with E-state index in [1.54, 1.807) is 24.7 Å². The maximum atomic E-state index is 4.07. The molecule has 1 aromatic rings. The Kier molecular flexibility index (Phi) is 2.57. The number of hydrogen-bond donors (Lipinski definition) is 0. The average molecular weight is 199 g/mol. The minimum atomic E-state index is 0.112. The molecule has 0 amide bonds. The minimum Gasteiger partial charge on any atom is -0.261 e. The van der Waals surface area contributed by atoms with Crippen LogP contribution in [-0.4, -0.2) is 9.97 Å². The molecule has 0 radical (unpaired) electrons. The van der Waals surface area contributed by atoms with Crippen molar-refractivity contribution in [2.24, 2.45) is 0 Å². The summed E-state index contributed by atoms with van der Waals surface area (Å²) in [6.45, 7) is 3.62. The van der Waals surface area contributed by atoms with Crippen LogP contribution in [0.15, 0.2) is 31.2 Å². The summed E-state index contributed by atoms with van der Waals surface area (Å²) in [5, 5.41) is 0. The molecule has 0 fully saturated rings.